The maximum absolute atomic E-state index is 9.31. The smallest absolute Gasteiger partial charge is 0.138 e. The first-order valence-corrected chi connectivity index (χ1v) is 13.1. The number of nitrogens with one attached hydrogen (secondary N) is 2. The molecule has 0 spiro atoms. The molecule has 1 aliphatic carbocycles. The van der Waals surface area contributed by atoms with Crippen molar-refractivity contribution >= 4 is 39.3 Å². The van der Waals surface area contributed by atoms with Crippen LogP contribution in [0.3, 0.4) is 0 Å². The summed E-state index contributed by atoms with van der Waals surface area (Å²) in [5, 5.41) is 20.6. The minimum absolute atomic E-state index is 0.252. The van der Waals surface area contributed by atoms with E-state index in [-0.39, 0.29) is 17.1 Å². The molecule has 1 heterocycles. The van der Waals surface area contributed by atoms with Crippen molar-refractivity contribution in [2.75, 3.05) is 4.90 Å². The van der Waals surface area contributed by atoms with Gasteiger partial charge in [0.1, 0.15) is 22.8 Å². The van der Waals surface area contributed by atoms with Gasteiger partial charge >= 0.3 is 0 Å². The molecule has 0 unspecified atom stereocenters. The molecule has 2 N–H and O–H groups in total. The van der Waals surface area contributed by atoms with Crippen molar-refractivity contribution in [1.82, 2.24) is 0 Å². The van der Waals surface area contributed by atoms with E-state index >= 15 is 0 Å². The summed E-state index contributed by atoms with van der Waals surface area (Å²) < 4.78 is 6.21. The lowest BCUT2D eigenvalue weighted by Gasteiger charge is -2.27. The third-order valence-corrected chi connectivity index (χ3v) is 7.96. The minimum Gasteiger partial charge on any atom is -0.456 e. The van der Waals surface area contributed by atoms with Crippen LogP contribution in [0.25, 0.3) is 33.1 Å². The average molecular weight is 506 g/mol. The zero-order chi connectivity index (χ0) is 26.7. The molecule has 0 saturated heterocycles. The second kappa shape index (κ2) is 8.53. The summed E-state index contributed by atoms with van der Waals surface area (Å²) in [5.74, 6) is 0.534. The maximum Gasteiger partial charge on any atom is 0.138 e. The largest absolute Gasteiger partial charge is 0.456 e. The zero-order valence-corrected chi connectivity index (χ0v) is 21.8. The molecule has 0 atom stereocenters. The van der Waals surface area contributed by atoms with Gasteiger partial charge in [0, 0.05) is 33.0 Å². The molecule has 0 bridgehead atoms. The Morgan fingerprint density at radius 1 is 0.590 bits per heavy atom. The van der Waals surface area contributed by atoms with E-state index in [2.05, 4.69) is 44.2 Å². The van der Waals surface area contributed by atoms with Crippen LogP contribution < -0.4 is 4.90 Å². The van der Waals surface area contributed by atoms with Gasteiger partial charge in [0.2, 0.25) is 0 Å². The number of nitrogens with zero attached hydrogens (tertiary/aromatic N) is 1. The van der Waals surface area contributed by atoms with E-state index in [1.807, 2.05) is 84.9 Å². The molecule has 39 heavy (non-hydrogen) atoms. The number of rotatable bonds is 3. The number of hydrogen-bond acceptors (Lipinski definition) is 3. The van der Waals surface area contributed by atoms with Crippen molar-refractivity contribution in [3.63, 3.8) is 0 Å². The number of furan rings is 1. The summed E-state index contributed by atoms with van der Waals surface area (Å²) in [6.45, 7) is 4.50. The van der Waals surface area contributed by atoms with Crippen LogP contribution in [0.15, 0.2) is 120 Å². The van der Waals surface area contributed by atoms with Crippen molar-refractivity contribution < 1.29 is 4.42 Å². The van der Waals surface area contributed by atoms with Crippen LogP contribution in [0.2, 0.25) is 0 Å². The van der Waals surface area contributed by atoms with Gasteiger partial charge < -0.3 is 4.42 Å². The van der Waals surface area contributed by atoms with E-state index in [9.17, 15) is 5.41 Å². The van der Waals surface area contributed by atoms with Gasteiger partial charge in [0.25, 0.3) is 0 Å². The number of anilines is 1. The number of hydrogen-bond donors (Lipinski definition) is 2. The topological polar surface area (TPSA) is 64.1 Å². The van der Waals surface area contributed by atoms with Crippen molar-refractivity contribution in [1.29, 1.82) is 10.8 Å². The summed E-state index contributed by atoms with van der Waals surface area (Å²) in [6, 6.07) is 38.2. The number of benzene rings is 5. The van der Waals surface area contributed by atoms with E-state index < -0.39 is 0 Å². The van der Waals surface area contributed by atoms with Crippen molar-refractivity contribution in [2.24, 2.45) is 0 Å². The van der Waals surface area contributed by atoms with Crippen molar-refractivity contribution in [2.45, 2.75) is 19.3 Å². The van der Waals surface area contributed by atoms with Crippen LogP contribution in [0.4, 0.5) is 5.69 Å². The molecule has 188 valence electrons. The minimum atomic E-state index is -0.252. The highest BCUT2D eigenvalue weighted by atomic mass is 16.3. The zero-order valence-electron chi connectivity index (χ0n) is 21.8. The Hall–Kier alpha value is -4.96. The summed E-state index contributed by atoms with van der Waals surface area (Å²) in [4.78, 5) is 1.71. The van der Waals surface area contributed by atoms with Crippen LogP contribution in [0, 0.1) is 10.8 Å². The van der Waals surface area contributed by atoms with Gasteiger partial charge in [-0.1, -0.05) is 92.7 Å². The van der Waals surface area contributed by atoms with E-state index in [0.29, 0.717) is 0 Å². The van der Waals surface area contributed by atoms with Gasteiger partial charge in [0.15, 0.2) is 0 Å². The Bertz CT molecular complexity index is 1920. The second-order valence-corrected chi connectivity index (χ2v) is 10.6. The van der Waals surface area contributed by atoms with Gasteiger partial charge in [0.05, 0.1) is 0 Å². The fourth-order valence-electron chi connectivity index (χ4n) is 5.90. The third-order valence-electron chi connectivity index (χ3n) is 7.96. The standard InChI is InChI=1S/C35H27N3O/c1-35(2)29-19-23(34(37)38(24-13-7-4-8-14-24)33(36)22-11-5-3-6-12-22)17-18-25(29)27-21-32-28(20-30(27)35)26-15-9-10-16-31(26)39-32/h3-21,36-37H,1-2H3. The van der Waals surface area contributed by atoms with Gasteiger partial charge in [-0.3, -0.25) is 15.7 Å². The van der Waals surface area contributed by atoms with Crippen LogP contribution in [0.1, 0.15) is 36.1 Å². The van der Waals surface area contributed by atoms with Gasteiger partial charge in [-0.05, 0) is 58.7 Å². The van der Waals surface area contributed by atoms with Gasteiger partial charge in [-0.15, -0.1) is 0 Å². The third kappa shape index (κ3) is 3.52. The summed E-state index contributed by atoms with van der Waals surface area (Å²) >= 11 is 0. The van der Waals surface area contributed by atoms with E-state index in [1.54, 1.807) is 4.90 Å². The first kappa shape index (κ1) is 23.2. The molecule has 4 heteroatoms. The molecule has 1 aliphatic rings. The Morgan fingerprint density at radius 3 is 2.00 bits per heavy atom. The van der Waals surface area contributed by atoms with Gasteiger partial charge in [-0.25, -0.2) is 0 Å². The highest BCUT2D eigenvalue weighted by molar-refractivity contribution is 6.27. The number of amidine groups is 2. The fraction of sp³-hybridized carbons (Fsp3) is 0.0857. The molecule has 6 aromatic rings. The Balaban J connectivity index is 1.34. The van der Waals surface area contributed by atoms with Crippen molar-refractivity contribution in [3.05, 3.63) is 138 Å². The van der Waals surface area contributed by atoms with E-state index in [1.165, 1.54) is 22.3 Å². The predicted molar refractivity (Wildman–Crippen MR) is 160 cm³/mol. The summed E-state index contributed by atoms with van der Waals surface area (Å²) in [7, 11) is 0. The maximum atomic E-state index is 9.31. The van der Waals surface area contributed by atoms with Crippen LogP contribution in [0.5, 0.6) is 0 Å². The van der Waals surface area contributed by atoms with E-state index in [4.69, 9.17) is 9.83 Å². The monoisotopic (exact) mass is 505 g/mol. The molecule has 1 aromatic heterocycles. The second-order valence-electron chi connectivity index (χ2n) is 10.6. The first-order valence-electron chi connectivity index (χ1n) is 13.1. The molecular weight excluding hydrogens is 478 g/mol. The molecule has 5 aromatic carbocycles. The first-order chi connectivity index (χ1) is 18.9. The lowest BCUT2D eigenvalue weighted by molar-refractivity contribution is 0.657. The van der Waals surface area contributed by atoms with Crippen LogP contribution in [-0.4, -0.2) is 11.7 Å². The molecule has 0 aliphatic heterocycles. The van der Waals surface area contributed by atoms with Crippen LogP contribution in [-0.2, 0) is 5.41 Å². The Morgan fingerprint density at radius 2 is 1.23 bits per heavy atom. The predicted octanol–water partition coefficient (Wildman–Crippen LogP) is 8.75. The molecule has 0 radical (unpaired) electrons. The van der Waals surface area contributed by atoms with E-state index in [0.717, 1.165) is 38.8 Å². The Labute approximate surface area is 227 Å². The summed E-state index contributed by atoms with van der Waals surface area (Å²) in [6.07, 6.45) is 0. The normalized spacial score (nSPS) is 13.3. The molecule has 4 nitrogen and oxygen atoms in total. The SMILES string of the molecule is CC1(C)c2cc(C(=N)N(C(=N)c3ccccc3)c3ccccc3)ccc2-c2cc3oc4ccccc4c3cc21. The molecule has 0 saturated carbocycles. The lowest BCUT2D eigenvalue weighted by atomic mass is 9.81. The average Bonchev–Trinajstić information content (AvgIpc) is 3.44. The number of para-hydroxylation sites is 2. The molecular formula is C35H27N3O. The van der Waals surface area contributed by atoms with Crippen LogP contribution >= 0.6 is 0 Å². The number of fused-ring (bicyclic) bond motifs is 6. The Kier molecular flexibility index (Phi) is 5.07. The summed E-state index contributed by atoms with van der Waals surface area (Å²) in [5.41, 5.74) is 8.64. The molecule has 0 fully saturated rings. The molecule has 0 amide bonds. The van der Waals surface area contributed by atoms with Crippen molar-refractivity contribution in [3.8, 4) is 11.1 Å². The fourth-order valence-corrected chi connectivity index (χ4v) is 5.90. The highest BCUT2D eigenvalue weighted by Gasteiger charge is 2.37. The highest BCUT2D eigenvalue weighted by Crippen LogP contribution is 2.51. The lowest BCUT2D eigenvalue weighted by Crippen LogP contribution is -2.37. The molecule has 7 rings (SSSR count). The quantitative estimate of drug-likeness (QED) is 0.186. The van der Waals surface area contributed by atoms with Gasteiger partial charge in [-0.2, -0.15) is 0 Å².